The maximum atomic E-state index is 12.8. The highest BCUT2D eigenvalue weighted by Crippen LogP contribution is 2.37. The molecule has 0 saturated heterocycles. The van der Waals surface area contributed by atoms with Gasteiger partial charge in [-0.15, -0.1) is 11.3 Å². The third-order valence-corrected chi connectivity index (χ3v) is 7.16. The molecule has 1 heterocycles. The second-order valence-electron chi connectivity index (χ2n) is 7.22. The Morgan fingerprint density at radius 3 is 2.49 bits per heavy atom. The van der Waals surface area contributed by atoms with Crippen LogP contribution in [0.25, 0.3) is 10.1 Å². The number of ether oxygens (including phenoxy) is 2. The van der Waals surface area contributed by atoms with E-state index in [4.69, 9.17) is 21.1 Å². The van der Waals surface area contributed by atoms with Crippen LogP contribution in [0.1, 0.15) is 25.6 Å². The second-order valence-corrected chi connectivity index (χ2v) is 9.57. The van der Waals surface area contributed by atoms with Crippen molar-refractivity contribution in [1.29, 1.82) is 0 Å². The van der Waals surface area contributed by atoms with E-state index in [1.165, 1.54) is 17.6 Å². The quantitative estimate of drug-likeness (QED) is 0.199. The van der Waals surface area contributed by atoms with Gasteiger partial charge >= 0.3 is 0 Å². The van der Waals surface area contributed by atoms with E-state index in [1.807, 2.05) is 18.2 Å². The zero-order chi connectivity index (χ0) is 24.9. The summed E-state index contributed by atoms with van der Waals surface area (Å²) in [5.74, 6) is 0.499. The van der Waals surface area contributed by atoms with Crippen LogP contribution in [-0.4, -0.2) is 32.2 Å². The van der Waals surface area contributed by atoms with E-state index in [0.29, 0.717) is 38.2 Å². The number of nitrogens with one attached hydrogen (secondary N) is 2. The monoisotopic (exact) mass is 571 g/mol. The van der Waals surface area contributed by atoms with Gasteiger partial charge in [-0.2, -0.15) is 5.10 Å². The Hall–Kier alpha value is -3.40. The molecule has 0 aliphatic heterocycles. The Bertz CT molecular complexity index is 1440. The van der Waals surface area contributed by atoms with E-state index < -0.39 is 5.91 Å². The van der Waals surface area contributed by atoms with Gasteiger partial charge in [0.05, 0.1) is 25.5 Å². The third-order valence-electron chi connectivity index (χ3n) is 5.01. The lowest BCUT2D eigenvalue weighted by Crippen LogP contribution is -2.18. The van der Waals surface area contributed by atoms with Gasteiger partial charge in [-0.3, -0.25) is 9.59 Å². The first-order valence-corrected chi connectivity index (χ1v) is 12.2. The van der Waals surface area contributed by atoms with E-state index in [0.717, 1.165) is 14.6 Å². The van der Waals surface area contributed by atoms with Crippen LogP contribution in [0.5, 0.6) is 11.5 Å². The molecule has 0 saturated carbocycles. The van der Waals surface area contributed by atoms with Gasteiger partial charge in [0.2, 0.25) is 0 Å². The normalized spacial score (nSPS) is 11.0. The maximum absolute atomic E-state index is 12.8. The number of hydrogen-bond donors (Lipinski definition) is 2. The number of hydrazone groups is 1. The first kappa shape index (κ1) is 24.7. The first-order chi connectivity index (χ1) is 16.9. The van der Waals surface area contributed by atoms with Crippen molar-refractivity contribution in [3.8, 4) is 11.5 Å². The Labute approximate surface area is 218 Å². The predicted octanol–water partition coefficient (Wildman–Crippen LogP) is 6.35. The summed E-state index contributed by atoms with van der Waals surface area (Å²) < 4.78 is 12.3. The lowest BCUT2D eigenvalue weighted by atomic mass is 10.2. The fraction of sp³-hybridized carbons (Fsp3) is 0.0800. The SMILES string of the molecule is COc1ccc(/C=N\NC(=O)c2ccc(NC(=O)c3sc4cc(Br)ccc4c3Cl)cc2)c(OC)c1. The smallest absolute Gasteiger partial charge is 0.271 e. The molecule has 4 aromatic rings. The number of nitrogens with zero attached hydrogens (tertiary/aromatic N) is 1. The van der Waals surface area contributed by atoms with Gasteiger partial charge in [-0.25, -0.2) is 5.43 Å². The number of amides is 2. The summed E-state index contributed by atoms with van der Waals surface area (Å²) in [6.07, 6.45) is 1.48. The van der Waals surface area contributed by atoms with Crippen molar-refractivity contribution < 1.29 is 19.1 Å². The molecule has 0 fully saturated rings. The molecule has 0 bridgehead atoms. The van der Waals surface area contributed by atoms with Crippen molar-refractivity contribution in [2.45, 2.75) is 0 Å². The summed E-state index contributed by atoms with van der Waals surface area (Å²) in [5, 5.41) is 8.05. The van der Waals surface area contributed by atoms with Crippen molar-refractivity contribution >= 4 is 72.7 Å². The van der Waals surface area contributed by atoms with Crippen LogP contribution in [0.15, 0.2) is 70.2 Å². The van der Waals surface area contributed by atoms with Crippen LogP contribution >= 0.6 is 38.9 Å². The average molecular weight is 573 g/mol. The minimum Gasteiger partial charge on any atom is -0.497 e. The molecule has 0 unspecified atom stereocenters. The maximum Gasteiger partial charge on any atom is 0.271 e. The number of rotatable bonds is 7. The molecule has 0 radical (unpaired) electrons. The molecule has 0 atom stereocenters. The van der Waals surface area contributed by atoms with Gasteiger partial charge in [0.15, 0.2) is 0 Å². The van der Waals surface area contributed by atoms with E-state index in [-0.39, 0.29) is 5.91 Å². The van der Waals surface area contributed by atoms with Crippen LogP contribution in [0.4, 0.5) is 5.69 Å². The molecule has 178 valence electrons. The third kappa shape index (κ3) is 5.64. The summed E-state index contributed by atoms with van der Waals surface area (Å²) in [6.45, 7) is 0. The minimum atomic E-state index is -0.398. The zero-order valence-corrected chi connectivity index (χ0v) is 21.8. The van der Waals surface area contributed by atoms with Crippen molar-refractivity contribution in [2.24, 2.45) is 5.10 Å². The molecule has 10 heteroatoms. The number of thiophene rings is 1. The molecule has 2 N–H and O–H groups in total. The van der Waals surface area contributed by atoms with E-state index in [1.54, 1.807) is 56.7 Å². The van der Waals surface area contributed by atoms with Crippen molar-refractivity contribution in [3.05, 3.63) is 86.2 Å². The van der Waals surface area contributed by atoms with E-state index >= 15 is 0 Å². The molecular formula is C25H19BrClN3O4S. The zero-order valence-electron chi connectivity index (χ0n) is 18.6. The van der Waals surface area contributed by atoms with Crippen molar-refractivity contribution in [2.75, 3.05) is 19.5 Å². The Morgan fingerprint density at radius 1 is 1.00 bits per heavy atom. The summed E-state index contributed by atoms with van der Waals surface area (Å²) in [6, 6.07) is 17.4. The number of anilines is 1. The van der Waals surface area contributed by atoms with Gasteiger partial charge in [0.25, 0.3) is 11.8 Å². The summed E-state index contributed by atoms with van der Waals surface area (Å²) in [4.78, 5) is 25.6. The molecule has 3 aromatic carbocycles. The molecule has 2 amide bonds. The van der Waals surface area contributed by atoms with Crippen LogP contribution < -0.4 is 20.2 Å². The molecule has 1 aromatic heterocycles. The van der Waals surface area contributed by atoms with Gasteiger partial charge in [-0.1, -0.05) is 33.6 Å². The standard InChI is InChI=1S/C25H19BrClN3O4S/c1-33-18-9-5-15(20(12-18)34-2)13-28-30-24(31)14-3-7-17(8-4-14)29-25(32)23-22(27)19-10-6-16(26)11-21(19)35-23/h3-13H,1-2H3,(H,29,32)(H,30,31)/b28-13-. The topological polar surface area (TPSA) is 89.0 Å². The van der Waals surface area contributed by atoms with Crippen LogP contribution in [-0.2, 0) is 0 Å². The summed E-state index contributed by atoms with van der Waals surface area (Å²) in [7, 11) is 3.11. The molecule has 0 spiro atoms. The summed E-state index contributed by atoms with van der Waals surface area (Å²) in [5.41, 5.74) is 4.07. The Morgan fingerprint density at radius 2 is 1.77 bits per heavy atom. The van der Waals surface area contributed by atoms with Crippen molar-refractivity contribution in [3.63, 3.8) is 0 Å². The van der Waals surface area contributed by atoms with Crippen LogP contribution in [0.3, 0.4) is 0 Å². The van der Waals surface area contributed by atoms with Gasteiger partial charge in [0, 0.05) is 37.4 Å². The number of carbonyl (C=O) groups is 2. The summed E-state index contributed by atoms with van der Waals surface area (Å²) >= 11 is 11.2. The van der Waals surface area contributed by atoms with Crippen molar-refractivity contribution in [1.82, 2.24) is 5.43 Å². The molecule has 7 nitrogen and oxygen atoms in total. The highest BCUT2D eigenvalue weighted by molar-refractivity contribution is 9.10. The number of benzene rings is 3. The fourth-order valence-electron chi connectivity index (χ4n) is 3.23. The number of carbonyl (C=O) groups excluding carboxylic acids is 2. The lowest BCUT2D eigenvalue weighted by Gasteiger charge is -2.07. The molecule has 4 rings (SSSR count). The number of fused-ring (bicyclic) bond motifs is 1. The minimum absolute atomic E-state index is 0.317. The largest absolute Gasteiger partial charge is 0.497 e. The van der Waals surface area contributed by atoms with E-state index in [9.17, 15) is 9.59 Å². The first-order valence-electron chi connectivity index (χ1n) is 10.2. The second kappa shape index (κ2) is 10.9. The Balaban J connectivity index is 1.40. The Kier molecular flexibility index (Phi) is 7.70. The lowest BCUT2D eigenvalue weighted by molar-refractivity contribution is 0.0954. The van der Waals surface area contributed by atoms with E-state index in [2.05, 4.69) is 31.8 Å². The highest BCUT2D eigenvalue weighted by atomic mass is 79.9. The fourth-order valence-corrected chi connectivity index (χ4v) is 5.19. The number of methoxy groups -OCH3 is 2. The van der Waals surface area contributed by atoms with Crippen LogP contribution in [0.2, 0.25) is 5.02 Å². The average Bonchev–Trinajstić information content (AvgIpc) is 3.19. The number of halogens is 2. The predicted molar refractivity (Wildman–Crippen MR) is 144 cm³/mol. The molecule has 0 aliphatic rings. The van der Waals surface area contributed by atoms with Gasteiger partial charge in [0.1, 0.15) is 16.4 Å². The molecule has 0 aliphatic carbocycles. The van der Waals surface area contributed by atoms with Gasteiger partial charge in [-0.05, 0) is 48.5 Å². The van der Waals surface area contributed by atoms with Crippen LogP contribution in [0, 0.1) is 0 Å². The highest BCUT2D eigenvalue weighted by Gasteiger charge is 2.17. The number of hydrogen-bond acceptors (Lipinski definition) is 6. The molecule has 35 heavy (non-hydrogen) atoms. The molecular weight excluding hydrogens is 554 g/mol. The van der Waals surface area contributed by atoms with Gasteiger partial charge < -0.3 is 14.8 Å².